The summed E-state index contributed by atoms with van der Waals surface area (Å²) in [5.74, 6) is -2.60. The number of rotatable bonds is 6. The summed E-state index contributed by atoms with van der Waals surface area (Å²) in [6, 6.07) is 12.3. The lowest BCUT2D eigenvalue weighted by atomic mass is 9.93. The number of thioether (sulfide) groups is 1. The van der Waals surface area contributed by atoms with E-state index in [4.69, 9.17) is 4.74 Å². The van der Waals surface area contributed by atoms with Crippen molar-refractivity contribution in [3.05, 3.63) is 117 Å². The second-order valence-electron chi connectivity index (χ2n) is 8.98. The van der Waals surface area contributed by atoms with Crippen molar-refractivity contribution in [1.82, 2.24) is 4.57 Å². The van der Waals surface area contributed by atoms with Crippen molar-refractivity contribution in [2.75, 3.05) is 12.9 Å². The molecule has 0 saturated carbocycles. The van der Waals surface area contributed by atoms with Gasteiger partial charge in [-0.3, -0.25) is 9.36 Å². The number of fused-ring (bicyclic) bond motifs is 1. The van der Waals surface area contributed by atoms with Gasteiger partial charge in [0.1, 0.15) is 23.2 Å². The molecular weight excluding hydrogens is 532 g/mol. The van der Waals surface area contributed by atoms with Crippen LogP contribution in [0.2, 0.25) is 0 Å². The molecule has 1 aliphatic heterocycles. The van der Waals surface area contributed by atoms with Gasteiger partial charge in [-0.2, -0.15) is 0 Å². The molecule has 200 valence electrons. The largest absolute Gasteiger partial charge is 0.494 e. The van der Waals surface area contributed by atoms with Crippen molar-refractivity contribution < 1.29 is 27.5 Å². The molecule has 0 radical (unpaired) electrons. The van der Waals surface area contributed by atoms with Crippen LogP contribution in [0.25, 0.3) is 11.1 Å². The molecule has 1 unspecified atom stereocenters. The number of ether oxygens (including phenoxy) is 1. The third kappa shape index (κ3) is 4.58. The Morgan fingerprint density at radius 3 is 2.33 bits per heavy atom. The van der Waals surface area contributed by atoms with Gasteiger partial charge in [-0.05, 0) is 48.4 Å². The van der Waals surface area contributed by atoms with E-state index >= 15 is 4.39 Å². The topological polar surface area (TPSA) is 63.8 Å². The minimum absolute atomic E-state index is 0.00852. The monoisotopic (exact) mass is 554 g/mol. The van der Waals surface area contributed by atoms with E-state index in [1.165, 1.54) is 72.0 Å². The van der Waals surface area contributed by atoms with Gasteiger partial charge in [-0.25, -0.2) is 17.6 Å². The van der Waals surface area contributed by atoms with Crippen LogP contribution in [0.4, 0.5) is 17.6 Å². The molecule has 0 saturated heterocycles. The van der Waals surface area contributed by atoms with Gasteiger partial charge >= 0.3 is 0 Å². The maximum atomic E-state index is 15.5. The maximum Gasteiger partial charge on any atom is 0.260 e. The summed E-state index contributed by atoms with van der Waals surface area (Å²) in [5.41, 5.74) is 0.433. The number of methoxy groups -OCH3 is 1. The number of hydrogen-bond donors (Lipinski definition) is 1. The Labute approximate surface area is 225 Å². The fourth-order valence-electron chi connectivity index (χ4n) is 4.91. The molecule has 5 nitrogen and oxygen atoms in total. The number of nitrogens with zero attached hydrogens (tertiary/aromatic N) is 2. The average molecular weight is 555 g/mol. The number of benzene rings is 3. The van der Waals surface area contributed by atoms with E-state index in [0.29, 0.717) is 21.7 Å². The first-order chi connectivity index (χ1) is 18.8. The van der Waals surface area contributed by atoms with E-state index in [1.54, 1.807) is 6.92 Å². The summed E-state index contributed by atoms with van der Waals surface area (Å²) >= 11 is 1.25. The fraction of sp³-hybridized carbons (Fsp3) is 0.172. The molecule has 5 rings (SSSR count). The van der Waals surface area contributed by atoms with Crippen LogP contribution in [-0.2, 0) is 6.42 Å². The summed E-state index contributed by atoms with van der Waals surface area (Å²) in [4.78, 5) is 14.1. The third-order valence-electron chi connectivity index (χ3n) is 6.86. The van der Waals surface area contributed by atoms with Crippen molar-refractivity contribution >= 4 is 17.5 Å². The highest BCUT2D eigenvalue weighted by Crippen LogP contribution is 2.42. The minimum Gasteiger partial charge on any atom is -0.494 e. The Hall–Kier alpha value is -4.05. The number of pyridine rings is 1. The summed E-state index contributed by atoms with van der Waals surface area (Å²) in [5, 5.41) is 13.8. The lowest BCUT2D eigenvalue weighted by Gasteiger charge is -2.21. The molecule has 3 aromatic carbocycles. The molecule has 0 aliphatic carbocycles. The van der Waals surface area contributed by atoms with Crippen molar-refractivity contribution in [3.8, 4) is 16.9 Å². The fourth-order valence-corrected chi connectivity index (χ4v) is 6.28. The van der Waals surface area contributed by atoms with Gasteiger partial charge in [0.25, 0.3) is 5.56 Å². The lowest BCUT2D eigenvalue weighted by molar-refractivity contribution is 0.315. The number of halogens is 4. The van der Waals surface area contributed by atoms with E-state index in [1.807, 2.05) is 0 Å². The van der Waals surface area contributed by atoms with Gasteiger partial charge < -0.3 is 9.94 Å². The van der Waals surface area contributed by atoms with Gasteiger partial charge in [0.2, 0.25) is 0 Å². The van der Waals surface area contributed by atoms with Gasteiger partial charge in [-0.1, -0.05) is 35.5 Å². The Bertz CT molecular complexity index is 1650. The van der Waals surface area contributed by atoms with Gasteiger partial charge in [0.05, 0.1) is 23.7 Å². The van der Waals surface area contributed by atoms with E-state index in [2.05, 4.69) is 5.16 Å². The predicted molar refractivity (Wildman–Crippen MR) is 141 cm³/mol. The van der Waals surface area contributed by atoms with Crippen molar-refractivity contribution in [1.29, 1.82) is 0 Å². The second-order valence-corrected chi connectivity index (χ2v) is 9.99. The molecular formula is C29H22F4N2O3S. The Morgan fingerprint density at radius 1 is 1.03 bits per heavy atom. The molecule has 0 bridgehead atoms. The highest BCUT2D eigenvalue weighted by molar-refractivity contribution is 7.99. The SMILES string of the molecule is COc1cccc(-c2c(C)c(Cc3c(F)cccc3F)c3n(c2=O)C(C(=NO)c2ccc(F)cc2)CS3)c1F. The predicted octanol–water partition coefficient (Wildman–Crippen LogP) is 6.50. The standard InChI is InChI=1S/C29H22F4N2O3S/c1-15-19(13-20-21(31)6-4-7-22(20)32)29-35(28(36)25(15)18-5-3-8-24(38-2)26(18)33)23(14-39-29)27(34-37)16-9-11-17(30)12-10-16/h3-12,23,37H,13-14H2,1-2H3. The normalized spacial score (nSPS) is 14.9. The van der Waals surface area contributed by atoms with Gasteiger partial charge in [0.15, 0.2) is 11.6 Å². The van der Waals surface area contributed by atoms with Crippen LogP contribution in [0.5, 0.6) is 5.75 Å². The molecule has 4 aromatic rings. The van der Waals surface area contributed by atoms with Crippen LogP contribution in [0, 0.1) is 30.2 Å². The van der Waals surface area contributed by atoms with E-state index in [-0.39, 0.29) is 40.3 Å². The lowest BCUT2D eigenvalue weighted by Crippen LogP contribution is -2.32. The van der Waals surface area contributed by atoms with Crippen LogP contribution >= 0.6 is 11.8 Å². The summed E-state index contributed by atoms with van der Waals surface area (Å²) in [7, 11) is 1.30. The number of hydrogen-bond acceptors (Lipinski definition) is 5. The summed E-state index contributed by atoms with van der Waals surface area (Å²) in [6.07, 6.45) is -0.208. The summed E-state index contributed by atoms with van der Waals surface area (Å²) < 4.78 is 65.0. The molecule has 1 N–H and O–H groups in total. The van der Waals surface area contributed by atoms with Crippen molar-refractivity contribution in [3.63, 3.8) is 0 Å². The van der Waals surface area contributed by atoms with Crippen molar-refractivity contribution in [2.45, 2.75) is 24.4 Å². The van der Waals surface area contributed by atoms with Gasteiger partial charge in [0, 0.05) is 28.9 Å². The smallest absolute Gasteiger partial charge is 0.260 e. The molecule has 1 aliphatic rings. The minimum atomic E-state index is -0.829. The molecule has 10 heteroatoms. The second kappa shape index (κ2) is 10.6. The first kappa shape index (κ1) is 26.6. The van der Waals surface area contributed by atoms with Crippen LogP contribution in [-0.4, -0.2) is 28.3 Å². The average Bonchev–Trinajstić information content (AvgIpc) is 3.35. The Balaban J connectivity index is 1.79. The zero-order chi connectivity index (χ0) is 27.8. The molecule has 39 heavy (non-hydrogen) atoms. The molecule has 0 amide bonds. The Morgan fingerprint density at radius 2 is 1.69 bits per heavy atom. The zero-order valence-corrected chi connectivity index (χ0v) is 21.7. The highest BCUT2D eigenvalue weighted by atomic mass is 32.2. The molecule has 0 spiro atoms. The molecule has 2 heterocycles. The number of oxime groups is 1. The van der Waals surface area contributed by atoms with E-state index in [0.717, 1.165) is 12.1 Å². The molecule has 1 aromatic heterocycles. The third-order valence-corrected chi connectivity index (χ3v) is 8.06. The van der Waals surface area contributed by atoms with Crippen LogP contribution in [0.1, 0.15) is 28.3 Å². The Kier molecular flexibility index (Phi) is 7.22. The maximum absolute atomic E-state index is 15.5. The van der Waals surface area contributed by atoms with Crippen LogP contribution < -0.4 is 10.3 Å². The van der Waals surface area contributed by atoms with Crippen LogP contribution in [0.3, 0.4) is 0 Å². The first-order valence-electron chi connectivity index (χ1n) is 11.9. The zero-order valence-electron chi connectivity index (χ0n) is 20.8. The molecule has 0 fully saturated rings. The van der Waals surface area contributed by atoms with E-state index < -0.39 is 34.9 Å². The van der Waals surface area contributed by atoms with E-state index in [9.17, 15) is 23.2 Å². The van der Waals surface area contributed by atoms with Crippen molar-refractivity contribution in [2.24, 2.45) is 5.16 Å². The quantitative estimate of drug-likeness (QED) is 0.128. The first-order valence-corrected chi connectivity index (χ1v) is 12.9. The molecule has 1 atom stereocenters. The van der Waals surface area contributed by atoms with Crippen LogP contribution in [0.15, 0.2) is 75.6 Å². The summed E-state index contributed by atoms with van der Waals surface area (Å²) in [6.45, 7) is 1.61. The number of aromatic nitrogens is 1. The highest BCUT2D eigenvalue weighted by Gasteiger charge is 2.35. The van der Waals surface area contributed by atoms with Gasteiger partial charge in [-0.15, -0.1) is 11.8 Å².